The first kappa shape index (κ1) is 23.2. The van der Waals surface area contributed by atoms with E-state index in [1.54, 1.807) is 0 Å². The van der Waals surface area contributed by atoms with Crippen molar-refractivity contribution in [2.75, 3.05) is 30.4 Å². The van der Waals surface area contributed by atoms with Crippen LogP contribution in [0.15, 0.2) is 78.9 Å². The summed E-state index contributed by atoms with van der Waals surface area (Å²) < 4.78 is 11.4. The molecule has 32 heavy (non-hydrogen) atoms. The van der Waals surface area contributed by atoms with Gasteiger partial charge >= 0.3 is 0 Å². The quantitative estimate of drug-likeness (QED) is 0.329. The van der Waals surface area contributed by atoms with Crippen molar-refractivity contribution in [3.8, 4) is 11.5 Å². The van der Waals surface area contributed by atoms with E-state index in [0.29, 0.717) is 13.2 Å². The third kappa shape index (κ3) is 8.34. The molecule has 0 aliphatic rings. The van der Waals surface area contributed by atoms with Crippen LogP contribution in [0.2, 0.25) is 0 Å². The zero-order valence-corrected chi connectivity index (χ0v) is 18.7. The van der Waals surface area contributed by atoms with E-state index in [-0.39, 0.29) is 12.5 Å². The summed E-state index contributed by atoms with van der Waals surface area (Å²) in [6.45, 7) is 3.70. The second kappa shape index (κ2) is 13.1. The van der Waals surface area contributed by atoms with Crippen molar-refractivity contribution in [3.63, 3.8) is 0 Å². The monoisotopic (exact) mass is 432 g/mol. The number of unbranched alkanes of at least 4 members (excludes halogenated alkanes) is 1. The predicted molar refractivity (Wildman–Crippen MR) is 131 cm³/mol. The minimum atomic E-state index is -0.106. The summed E-state index contributed by atoms with van der Waals surface area (Å²) in [5.41, 5.74) is 2.94. The third-order valence-electron chi connectivity index (χ3n) is 4.93. The summed E-state index contributed by atoms with van der Waals surface area (Å²) in [7, 11) is 0. The molecule has 0 fully saturated rings. The SMILES string of the molecule is CCCCOc1ccc(NC(=O)CNc2ccc(OCCCc3ccccc3)cc2)cc1. The molecule has 1 amide bonds. The number of nitrogens with one attached hydrogen (secondary N) is 2. The summed E-state index contributed by atoms with van der Waals surface area (Å²) in [5.74, 6) is 1.54. The molecule has 0 aliphatic carbocycles. The van der Waals surface area contributed by atoms with Gasteiger partial charge in [-0.15, -0.1) is 0 Å². The predicted octanol–water partition coefficient (Wildman–Crippen LogP) is 5.93. The van der Waals surface area contributed by atoms with Gasteiger partial charge in [-0.1, -0.05) is 43.7 Å². The lowest BCUT2D eigenvalue weighted by Gasteiger charge is -2.10. The lowest BCUT2D eigenvalue weighted by atomic mass is 10.1. The minimum Gasteiger partial charge on any atom is -0.494 e. The fourth-order valence-corrected chi connectivity index (χ4v) is 3.14. The molecule has 2 N–H and O–H groups in total. The molecule has 0 saturated carbocycles. The van der Waals surface area contributed by atoms with Crippen LogP contribution < -0.4 is 20.1 Å². The van der Waals surface area contributed by atoms with Gasteiger partial charge in [0.15, 0.2) is 0 Å². The van der Waals surface area contributed by atoms with Crippen LogP contribution in [0.4, 0.5) is 11.4 Å². The number of hydrogen-bond acceptors (Lipinski definition) is 4. The van der Waals surface area contributed by atoms with Gasteiger partial charge in [-0.05, 0) is 73.4 Å². The molecule has 0 atom stereocenters. The van der Waals surface area contributed by atoms with Gasteiger partial charge in [0, 0.05) is 11.4 Å². The van der Waals surface area contributed by atoms with Crippen LogP contribution in [-0.4, -0.2) is 25.7 Å². The fourth-order valence-electron chi connectivity index (χ4n) is 3.14. The highest BCUT2D eigenvalue weighted by Crippen LogP contribution is 2.17. The maximum Gasteiger partial charge on any atom is 0.243 e. The number of carbonyl (C=O) groups excluding carboxylic acids is 1. The standard InChI is InChI=1S/C27H32N2O3/c1-2-3-19-31-26-17-13-24(14-18-26)29-27(30)21-28-23-11-15-25(16-12-23)32-20-7-10-22-8-5-4-6-9-22/h4-6,8-9,11-18,28H,2-3,7,10,19-21H2,1H3,(H,29,30). The minimum absolute atomic E-state index is 0.106. The normalized spacial score (nSPS) is 10.4. The Morgan fingerprint density at radius 1 is 0.750 bits per heavy atom. The van der Waals surface area contributed by atoms with Crippen LogP contribution in [0.1, 0.15) is 31.7 Å². The highest BCUT2D eigenvalue weighted by Gasteiger charge is 2.04. The van der Waals surface area contributed by atoms with Gasteiger partial charge in [0.25, 0.3) is 0 Å². The maximum absolute atomic E-state index is 12.2. The largest absolute Gasteiger partial charge is 0.494 e. The smallest absolute Gasteiger partial charge is 0.243 e. The Bertz CT molecular complexity index is 925. The Hall–Kier alpha value is -3.47. The van der Waals surface area contributed by atoms with E-state index in [2.05, 4.69) is 41.8 Å². The lowest BCUT2D eigenvalue weighted by Crippen LogP contribution is -2.21. The molecular weight excluding hydrogens is 400 g/mol. The Morgan fingerprint density at radius 2 is 1.34 bits per heavy atom. The van der Waals surface area contributed by atoms with Gasteiger partial charge in [-0.3, -0.25) is 4.79 Å². The van der Waals surface area contributed by atoms with Gasteiger partial charge < -0.3 is 20.1 Å². The van der Waals surface area contributed by atoms with Crippen molar-refractivity contribution in [2.45, 2.75) is 32.6 Å². The molecule has 0 bridgehead atoms. The average molecular weight is 433 g/mol. The molecule has 0 heterocycles. The van der Waals surface area contributed by atoms with Gasteiger partial charge in [0.1, 0.15) is 11.5 Å². The maximum atomic E-state index is 12.2. The van der Waals surface area contributed by atoms with Gasteiger partial charge in [0.2, 0.25) is 5.91 Å². The van der Waals surface area contributed by atoms with Gasteiger partial charge in [0.05, 0.1) is 19.8 Å². The van der Waals surface area contributed by atoms with E-state index in [9.17, 15) is 4.79 Å². The Morgan fingerprint density at radius 3 is 1.97 bits per heavy atom. The van der Waals surface area contributed by atoms with E-state index in [0.717, 1.165) is 48.6 Å². The van der Waals surface area contributed by atoms with Crippen molar-refractivity contribution < 1.29 is 14.3 Å². The summed E-state index contributed by atoms with van der Waals surface area (Å²) in [6.07, 6.45) is 4.11. The van der Waals surface area contributed by atoms with Crippen molar-refractivity contribution in [1.29, 1.82) is 0 Å². The van der Waals surface area contributed by atoms with E-state index < -0.39 is 0 Å². The Balaban J connectivity index is 1.34. The summed E-state index contributed by atoms with van der Waals surface area (Å²) in [4.78, 5) is 12.2. The topological polar surface area (TPSA) is 59.6 Å². The summed E-state index contributed by atoms with van der Waals surface area (Å²) in [6, 6.07) is 25.5. The number of carbonyl (C=O) groups is 1. The number of ether oxygens (including phenoxy) is 2. The number of aryl methyl sites for hydroxylation is 1. The van der Waals surface area contributed by atoms with Crippen molar-refractivity contribution in [3.05, 3.63) is 84.4 Å². The van der Waals surface area contributed by atoms with Crippen LogP contribution in [-0.2, 0) is 11.2 Å². The zero-order valence-electron chi connectivity index (χ0n) is 18.7. The summed E-state index contributed by atoms with van der Waals surface area (Å²) >= 11 is 0. The van der Waals surface area contributed by atoms with Crippen LogP contribution in [0.25, 0.3) is 0 Å². The molecule has 3 aromatic carbocycles. The highest BCUT2D eigenvalue weighted by atomic mass is 16.5. The van der Waals surface area contributed by atoms with E-state index in [4.69, 9.17) is 9.47 Å². The Kier molecular flexibility index (Phi) is 9.46. The zero-order chi connectivity index (χ0) is 22.4. The number of rotatable bonds is 13. The van der Waals surface area contributed by atoms with E-state index in [1.165, 1.54) is 5.56 Å². The van der Waals surface area contributed by atoms with Crippen LogP contribution in [0.3, 0.4) is 0 Å². The first-order valence-electron chi connectivity index (χ1n) is 11.3. The van der Waals surface area contributed by atoms with Crippen molar-refractivity contribution in [1.82, 2.24) is 0 Å². The molecular formula is C27H32N2O3. The van der Waals surface area contributed by atoms with Crippen LogP contribution >= 0.6 is 0 Å². The summed E-state index contributed by atoms with van der Waals surface area (Å²) in [5, 5.41) is 6.02. The number of anilines is 2. The molecule has 3 aromatic rings. The number of hydrogen-bond donors (Lipinski definition) is 2. The molecule has 5 heteroatoms. The molecule has 3 rings (SSSR count). The number of benzene rings is 3. The molecule has 168 valence electrons. The first-order valence-corrected chi connectivity index (χ1v) is 11.3. The fraction of sp³-hybridized carbons (Fsp3) is 0.296. The third-order valence-corrected chi connectivity index (χ3v) is 4.93. The van der Waals surface area contributed by atoms with Crippen LogP contribution in [0.5, 0.6) is 11.5 Å². The lowest BCUT2D eigenvalue weighted by molar-refractivity contribution is -0.114. The average Bonchev–Trinajstić information content (AvgIpc) is 2.83. The molecule has 5 nitrogen and oxygen atoms in total. The molecule has 0 radical (unpaired) electrons. The van der Waals surface area contributed by atoms with Gasteiger partial charge in [-0.25, -0.2) is 0 Å². The van der Waals surface area contributed by atoms with E-state index in [1.807, 2.05) is 54.6 Å². The molecule has 0 unspecified atom stereocenters. The van der Waals surface area contributed by atoms with Crippen LogP contribution in [0, 0.1) is 0 Å². The molecule has 0 aromatic heterocycles. The Labute approximate surface area is 190 Å². The molecule has 0 spiro atoms. The molecule has 0 aliphatic heterocycles. The van der Waals surface area contributed by atoms with E-state index >= 15 is 0 Å². The van der Waals surface area contributed by atoms with Crippen molar-refractivity contribution in [2.24, 2.45) is 0 Å². The highest BCUT2D eigenvalue weighted by molar-refractivity contribution is 5.93. The first-order chi connectivity index (χ1) is 15.7. The second-order valence-corrected chi connectivity index (χ2v) is 7.59. The number of amides is 1. The molecule has 0 saturated heterocycles. The second-order valence-electron chi connectivity index (χ2n) is 7.59. The van der Waals surface area contributed by atoms with Gasteiger partial charge in [-0.2, -0.15) is 0 Å². The van der Waals surface area contributed by atoms with Crippen molar-refractivity contribution >= 4 is 17.3 Å².